The molecule has 1 aliphatic rings. The van der Waals surface area contributed by atoms with Crippen molar-refractivity contribution in [2.24, 2.45) is 5.92 Å². The van der Waals surface area contributed by atoms with Crippen molar-refractivity contribution in [3.05, 3.63) is 10.6 Å². The second-order valence-corrected chi connectivity index (χ2v) is 7.38. The van der Waals surface area contributed by atoms with Crippen molar-refractivity contribution in [2.45, 2.75) is 64.8 Å². The molecule has 0 bridgehead atoms. The molecule has 8 heteroatoms. The zero-order chi connectivity index (χ0) is 18.2. The Morgan fingerprint density at radius 1 is 1.24 bits per heavy atom. The molecular formula is C17H29N5O2S. The van der Waals surface area contributed by atoms with Crippen LogP contribution in [0.15, 0.2) is 0 Å². The number of aromatic amines is 1. The summed E-state index contributed by atoms with van der Waals surface area (Å²) in [6.07, 6.45) is 7.10. The Kier molecular flexibility index (Phi) is 7.61. The van der Waals surface area contributed by atoms with Gasteiger partial charge in [-0.2, -0.15) is 5.10 Å². The molecule has 0 spiro atoms. The number of amides is 2. The van der Waals surface area contributed by atoms with Gasteiger partial charge in [-0.25, -0.2) is 0 Å². The number of nitrogens with one attached hydrogen (secondary N) is 3. The number of carbonyl (C=O) groups is 2. The summed E-state index contributed by atoms with van der Waals surface area (Å²) in [6.45, 7) is 4.57. The number of carbonyl (C=O) groups excluding carboxylic acids is 2. The third-order valence-electron chi connectivity index (χ3n) is 4.61. The van der Waals surface area contributed by atoms with Crippen LogP contribution >= 0.6 is 12.2 Å². The van der Waals surface area contributed by atoms with Gasteiger partial charge in [0, 0.05) is 25.4 Å². The van der Waals surface area contributed by atoms with E-state index in [2.05, 4.69) is 20.8 Å². The number of hydrogen-bond donors (Lipinski definition) is 3. The van der Waals surface area contributed by atoms with E-state index < -0.39 is 0 Å². The molecule has 2 rings (SSSR count). The minimum atomic E-state index is -0.178. The van der Waals surface area contributed by atoms with Crippen LogP contribution in [0.1, 0.15) is 64.2 Å². The molecule has 140 valence electrons. The highest BCUT2D eigenvalue weighted by Crippen LogP contribution is 2.25. The molecule has 2 amide bonds. The first-order valence-corrected chi connectivity index (χ1v) is 9.57. The normalized spacial score (nSPS) is 15.3. The van der Waals surface area contributed by atoms with Gasteiger partial charge in [0.1, 0.15) is 5.82 Å². The van der Waals surface area contributed by atoms with Crippen molar-refractivity contribution < 1.29 is 9.59 Å². The molecule has 3 N–H and O–H groups in total. The predicted octanol–water partition coefficient (Wildman–Crippen LogP) is 2.27. The predicted molar refractivity (Wildman–Crippen MR) is 98.7 cm³/mol. The molecule has 0 atom stereocenters. The summed E-state index contributed by atoms with van der Waals surface area (Å²) in [5.41, 5.74) is 0. The van der Waals surface area contributed by atoms with Crippen molar-refractivity contribution in [3.8, 4) is 0 Å². The SMILES string of the molecule is CC(C)n1c(CCNC(=O)CNC(=O)CC2CCCCC2)n[nH]c1=S. The molecule has 1 heterocycles. The lowest BCUT2D eigenvalue weighted by molar-refractivity contribution is -0.126. The first kappa shape index (κ1) is 19.6. The number of nitrogens with zero attached hydrogens (tertiary/aromatic N) is 2. The van der Waals surface area contributed by atoms with Crippen molar-refractivity contribution in [3.63, 3.8) is 0 Å². The smallest absolute Gasteiger partial charge is 0.239 e. The van der Waals surface area contributed by atoms with E-state index in [9.17, 15) is 9.59 Å². The molecule has 1 aliphatic carbocycles. The lowest BCUT2D eigenvalue weighted by Gasteiger charge is -2.20. The van der Waals surface area contributed by atoms with Crippen molar-refractivity contribution in [2.75, 3.05) is 13.1 Å². The van der Waals surface area contributed by atoms with Gasteiger partial charge in [0.2, 0.25) is 11.8 Å². The molecule has 0 radical (unpaired) electrons. The maximum absolute atomic E-state index is 11.9. The topological polar surface area (TPSA) is 91.8 Å². The van der Waals surface area contributed by atoms with E-state index in [1.165, 1.54) is 19.3 Å². The first-order valence-electron chi connectivity index (χ1n) is 9.16. The van der Waals surface area contributed by atoms with Gasteiger partial charge in [-0.1, -0.05) is 19.3 Å². The van der Waals surface area contributed by atoms with E-state index in [-0.39, 0.29) is 24.4 Å². The monoisotopic (exact) mass is 367 g/mol. The molecule has 1 saturated carbocycles. The van der Waals surface area contributed by atoms with Crippen molar-refractivity contribution >= 4 is 24.0 Å². The summed E-state index contributed by atoms with van der Waals surface area (Å²) in [4.78, 5) is 23.8. The van der Waals surface area contributed by atoms with E-state index in [0.29, 0.717) is 30.1 Å². The molecule has 1 aromatic rings. The van der Waals surface area contributed by atoms with Crippen LogP contribution in [0.25, 0.3) is 0 Å². The highest BCUT2D eigenvalue weighted by molar-refractivity contribution is 7.71. The zero-order valence-corrected chi connectivity index (χ0v) is 16.0. The summed E-state index contributed by atoms with van der Waals surface area (Å²) < 4.78 is 2.53. The largest absolute Gasteiger partial charge is 0.354 e. The molecular weight excluding hydrogens is 338 g/mol. The maximum atomic E-state index is 11.9. The number of aromatic nitrogens is 3. The van der Waals surface area contributed by atoms with Gasteiger partial charge in [-0.05, 0) is 44.8 Å². The van der Waals surface area contributed by atoms with E-state index in [4.69, 9.17) is 12.2 Å². The highest BCUT2D eigenvalue weighted by atomic mass is 32.1. The van der Waals surface area contributed by atoms with Gasteiger partial charge in [0.25, 0.3) is 0 Å². The van der Waals surface area contributed by atoms with Gasteiger partial charge in [-0.3, -0.25) is 14.7 Å². The third kappa shape index (κ3) is 6.26. The van der Waals surface area contributed by atoms with Crippen LogP contribution in [0.2, 0.25) is 0 Å². The molecule has 25 heavy (non-hydrogen) atoms. The number of H-pyrrole nitrogens is 1. The van der Waals surface area contributed by atoms with E-state index >= 15 is 0 Å². The van der Waals surface area contributed by atoms with Crippen LogP contribution in [0.3, 0.4) is 0 Å². The quantitative estimate of drug-likeness (QED) is 0.615. The summed E-state index contributed by atoms with van der Waals surface area (Å²) in [6, 6.07) is 0.219. The maximum Gasteiger partial charge on any atom is 0.239 e. The van der Waals surface area contributed by atoms with Crippen LogP contribution in [0.4, 0.5) is 0 Å². The molecule has 0 unspecified atom stereocenters. The van der Waals surface area contributed by atoms with Crippen molar-refractivity contribution in [1.82, 2.24) is 25.4 Å². The molecule has 0 aromatic carbocycles. The Bertz CT molecular complexity index is 631. The fourth-order valence-corrected chi connectivity index (χ4v) is 3.69. The summed E-state index contributed by atoms with van der Waals surface area (Å²) in [5, 5.41) is 12.5. The minimum absolute atomic E-state index is 0.0252. The molecule has 1 aromatic heterocycles. The van der Waals surface area contributed by atoms with Crippen LogP contribution in [-0.4, -0.2) is 39.7 Å². The lowest BCUT2D eigenvalue weighted by Crippen LogP contribution is -2.38. The Morgan fingerprint density at radius 2 is 1.96 bits per heavy atom. The standard InChI is InChI=1S/C17H29N5O2S/c1-12(2)22-14(20-21-17(22)25)8-9-18-16(24)11-19-15(23)10-13-6-4-3-5-7-13/h12-13H,3-11H2,1-2H3,(H,18,24)(H,19,23)(H,21,25). The van der Waals surface area contributed by atoms with Crippen LogP contribution in [-0.2, 0) is 16.0 Å². The van der Waals surface area contributed by atoms with E-state index in [0.717, 1.165) is 18.7 Å². The molecule has 1 fully saturated rings. The second-order valence-electron chi connectivity index (χ2n) is 6.99. The third-order valence-corrected chi connectivity index (χ3v) is 4.90. The van der Waals surface area contributed by atoms with Crippen LogP contribution < -0.4 is 10.6 Å². The average molecular weight is 368 g/mol. The van der Waals surface area contributed by atoms with E-state index in [1.54, 1.807) is 0 Å². The lowest BCUT2D eigenvalue weighted by atomic mass is 9.87. The zero-order valence-electron chi connectivity index (χ0n) is 15.1. The van der Waals surface area contributed by atoms with E-state index in [1.807, 2.05) is 18.4 Å². The number of hydrogen-bond acceptors (Lipinski definition) is 4. The van der Waals surface area contributed by atoms with Gasteiger partial charge < -0.3 is 15.2 Å². The Balaban J connectivity index is 1.65. The Hall–Kier alpha value is -1.70. The fourth-order valence-electron chi connectivity index (χ4n) is 3.33. The van der Waals surface area contributed by atoms with Crippen molar-refractivity contribution in [1.29, 1.82) is 0 Å². The first-order chi connectivity index (χ1) is 12.0. The van der Waals surface area contributed by atoms with Gasteiger partial charge in [-0.15, -0.1) is 0 Å². The van der Waals surface area contributed by atoms with Crippen LogP contribution in [0, 0.1) is 10.7 Å². The minimum Gasteiger partial charge on any atom is -0.354 e. The summed E-state index contributed by atoms with van der Waals surface area (Å²) in [5.74, 6) is 1.10. The van der Waals surface area contributed by atoms with Gasteiger partial charge in [0.15, 0.2) is 4.77 Å². The molecule has 0 saturated heterocycles. The number of rotatable bonds is 8. The van der Waals surface area contributed by atoms with Gasteiger partial charge in [0.05, 0.1) is 6.54 Å². The average Bonchev–Trinajstić information content (AvgIpc) is 2.95. The Morgan fingerprint density at radius 3 is 2.64 bits per heavy atom. The summed E-state index contributed by atoms with van der Waals surface area (Å²) in [7, 11) is 0. The van der Waals surface area contributed by atoms with Crippen LogP contribution in [0.5, 0.6) is 0 Å². The fraction of sp³-hybridized carbons (Fsp3) is 0.765. The summed E-state index contributed by atoms with van der Waals surface area (Å²) >= 11 is 5.20. The highest BCUT2D eigenvalue weighted by Gasteiger charge is 2.17. The second kappa shape index (κ2) is 9.70. The molecule has 0 aliphatic heterocycles. The van der Waals surface area contributed by atoms with Gasteiger partial charge >= 0.3 is 0 Å². The Labute approximate surface area is 154 Å². The molecule has 7 nitrogen and oxygen atoms in total.